The molecule has 0 radical (unpaired) electrons. The van der Waals surface area contributed by atoms with E-state index in [1.807, 2.05) is 0 Å². The van der Waals surface area contributed by atoms with Crippen LogP contribution in [0.4, 0.5) is 0 Å². The van der Waals surface area contributed by atoms with Crippen molar-refractivity contribution in [1.82, 2.24) is 10.5 Å². The van der Waals surface area contributed by atoms with Crippen molar-refractivity contribution in [3.05, 3.63) is 17.0 Å². The molecule has 0 aliphatic carbocycles. The summed E-state index contributed by atoms with van der Waals surface area (Å²) >= 11 is 0. The van der Waals surface area contributed by atoms with Gasteiger partial charge in [-0.25, -0.2) is 0 Å². The van der Waals surface area contributed by atoms with Crippen molar-refractivity contribution in [2.24, 2.45) is 0 Å². The summed E-state index contributed by atoms with van der Waals surface area (Å²) in [6, 6.07) is 0. The molecule has 1 aromatic rings. The normalized spacial score (nSPS) is 11.6. The van der Waals surface area contributed by atoms with Crippen LogP contribution < -0.4 is 5.32 Å². The zero-order valence-electron chi connectivity index (χ0n) is 9.57. The lowest BCUT2D eigenvalue weighted by atomic mass is 10.0. The van der Waals surface area contributed by atoms with Gasteiger partial charge >= 0.3 is 0 Å². The van der Waals surface area contributed by atoms with Crippen molar-refractivity contribution in [3.63, 3.8) is 0 Å². The van der Waals surface area contributed by atoms with E-state index >= 15 is 0 Å². The van der Waals surface area contributed by atoms with Gasteiger partial charge in [0.25, 0.3) is 5.91 Å². The molecule has 0 aromatic carbocycles. The summed E-state index contributed by atoms with van der Waals surface area (Å²) in [5.74, 6) is -0.00456. The number of aliphatic hydroxyl groups excluding tert-OH is 2. The van der Waals surface area contributed by atoms with Gasteiger partial charge in [0.2, 0.25) is 0 Å². The van der Waals surface area contributed by atoms with Crippen LogP contribution in [0.25, 0.3) is 0 Å². The molecule has 0 saturated heterocycles. The second kappa shape index (κ2) is 4.63. The van der Waals surface area contributed by atoms with Crippen molar-refractivity contribution < 1.29 is 19.5 Å². The summed E-state index contributed by atoms with van der Waals surface area (Å²) in [7, 11) is 0. The number of nitrogens with zero attached hydrogens (tertiary/aromatic N) is 1. The van der Waals surface area contributed by atoms with Gasteiger partial charge in [0.15, 0.2) is 0 Å². The number of hydrogen-bond acceptors (Lipinski definition) is 5. The van der Waals surface area contributed by atoms with Crippen LogP contribution in [0.1, 0.15) is 28.7 Å². The minimum absolute atomic E-state index is 0.341. The van der Waals surface area contributed by atoms with Crippen LogP contribution in [0.5, 0.6) is 0 Å². The average molecular weight is 228 g/mol. The van der Waals surface area contributed by atoms with Crippen LogP contribution in [0.15, 0.2) is 4.52 Å². The van der Waals surface area contributed by atoms with Crippen LogP contribution in [-0.2, 0) is 0 Å². The third-order valence-corrected chi connectivity index (χ3v) is 2.37. The molecule has 0 fully saturated rings. The molecule has 0 bridgehead atoms. The van der Waals surface area contributed by atoms with Gasteiger partial charge in [0, 0.05) is 0 Å². The lowest BCUT2D eigenvalue weighted by Gasteiger charge is -2.25. The molecule has 1 rings (SSSR count). The molecule has 6 heteroatoms. The van der Waals surface area contributed by atoms with Gasteiger partial charge in [0.1, 0.15) is 11.3 Å². The van der Waals surface area contributed by atoms with Gasteiger partial charge in [-0.3, -0.25) is 4.79 Å². The largest absolute Gasteiger partial charge is 0.394 e. The summed E-state index contributed by atoms with van der Waals surface area (Å²) in [4.78, 5) is 11.8. The molecule has 1 aromatic heterocycles. The molecule has 0 atom stereocenters. The van der Waals surface area contributed by atoms with Gasteiger partial charge in [-0.2, -0.15) is 0 Å². The molecular weight excluding hydrogens is 212 g/mol. The number of rotatable bonds is 4. The predicted octanol–water partition coefficient (Wildman–Crippen LogP) is -0.235. The lowest BCUT2D eigenvalue weighted by molar-refractivity contribution is 0.0722. The molecule has 16 heavy (non-hydrogen) atoms. The number of aryl methyl sites for hydroxylation is 2. The quantitative estimate of drug-likeness (QED) is 0.661. The molecule has 90 valence electrons. The summed E-state index contributed by atoms with van der Waals surface area (Å²) < 4.78 is 4.86. The van der Waals surface area contributed by atoms with Crippen LogP contribution >= 0.6 is 0 Å². The minimum Gasteiger partial charge on any atom is -0.394 e. The van der Waals surface area contributed by atoms with E-state index in [0.717, 1.165) is 0 Å². The maximum atomic E-state index is 11.8. The maximum Gasteiger partial charge on any atom is 0.257 e. The topological polar surface area (TPSA) is 95.6 Å². The molecule has 0 unspecified atom stereocenters. The van der Waals surface area contributed by atoms with E-state index < -0.39 is 11.4 Å². The Kier molecular flexibility index (Phi) is 3.66. The Labute approximate surface area is 93.3 Å². The Morgan fingerprint density at radius 1 is 1.44 bits per heavy atom. The van der Waals surface area contributed by atoms with Gasteiger partial charge < -0.3 is 20.1 Å². The number of carbonyl (C=O) groups is 1. The molecule has 1 heterocycles. The number of amides is 1. The molecule has 0 spiro atoms. The van der Waals surface area contributed by atoms with E-state index in [9.17, 15) is 4.79 Å². The van der Waals surface area contributed by atoms with E-state index in [1.54, 1.807) is 20.8 Å². The predicted molar refractivity (Wildman–Crippen MR) is 56.0 cm³/mol. The van der Waals surface area contributed by atoms with E-state index in [1.165, 1.54) is 0 Å². The van der Waals surface area contributed by atoms with E-state index in [0.29, 0.717) is 17.0 Å². The first-order chi connectivity index (χ1) is 7.43. The standard InChI is InChI=1S/C10H16N2O4/c1-6-8(7(2)16-12-6)9(15)11-10(3,4-13)5-14/h13-14H,4-5H2,1-3H3,(H,11,15). The Hall–Kier alpha value is -1.40. The highest BCUT2D eigenvalue weighted by Gasteiger charge is 2.27. The molecule has 0 aliphatic heterocycles. The fraction of sp³-hybridized carbons (Fsp3) is 0.600. The number of carbonyl (C=O) groups excluding carboxylic acids is 1. The zero-order valence-corrected chi connectivity index (χ0v) is 9.57. The van der Waals surface area contributed by atoms with Gasteiger partial charge in [0.05, 0.1) is 24.4 Å². The van der Waals surface area contributed by atoms with Gasteiger partial charge in [-0.1, -0.05) is 5.16 Å². The smallest absolute Gasteiger partial charge is 0.257 e. The van der Waals surface area contributed by atoms with Crippen molar-refractivity contribution in [2.75, 3.05) is 13.2 Å². The molecule has 6 nitrogen and oxygen atoms in total. The van der Waals surface area contributed by atoms with Crippen LogP contribution in [0.3, 0.4) is 0 Å². The highest BCUT2D eigenvalue weighted by Crippen LogP contribution is 2.13. The molecule has 0 saturated carbocycles. The van der Waals surface area contributed by atoms with Crippen LogP contribution in [0.2, 0.25) is 0 Å². The van der Waals surface area contributed by atoms with E-state index in [-0.39, 0.29) is 13.2 Å². The van der Waals surface area contributed by atoms with Gasteiger partial charge in [-0.05, 0) is 20.8 Å². The molecule has 0 aliphatic rings. The van der Waals surface area contributed by atoms with Crippen LogP contribution in [0, 0.1) is 13.8 Å². The second-order valence-corrected chi connectivity index (χ2v) is 4.03. The summed E-state index contributed by atoms with van der Waals surface area (Å²) in [5, 5.41) is 24.3. The summed E-state index contributed by atoms with van der Waals surface area (Å²) in [5.41, 5.74) is -0.228. The zero-order chi connectivity index (χ0) is 12.3. The fourth-order valence-electron chi connectivity index (χ4n) is 1.27. The Balaban J connectivity index is 2.88. The second-order valence-electron chi connectivity index (χ2n) is 4.03. The Morgan fingerprint density at radius 3 is 2.38 bits per heavy atom. The van der Waals surface area contributed by atoms with Crippen molar-refractivity contribution >= 4 is 5.91 Å². The first-order valence-corrected chi connectivity index (χ1v) is 4.90. The Bertz CT molecular complexity index is 363. The number of nitrogens with one attached hydrogen (secondary N) is 1. The summed E-state index contributed by atoms with van der Waals surface area (Å²) in [6.07, 6.45) is 0. The lowest BCUT2D eigenvalue weighted by Crippen LogP contribution is -2.51. The molecule has 1 amide bonds. The minimum atomic E-state index is -1.05. The summed E-state index contributed by atoms with van der Waals surface area (Å²) in [6.45, 7) is 4.13. The molecule has 3 N–H and O–H groups in total. The van der Waals surface area contributed by atoms with Crippen molar-refractivity contribution in [3.8, 4) is 0 Å². The highest BCUT2D eigenvalue weighted by molar-refractivity contribution is 5.96. The fourth-order valence-corrected chi connectivity index (χ4v) is 1.27. The van der Waals surface area contributed by atoms with Crippen LogP contribution in [-0.4, -0.2) is 40.0 Å². The molecular formula is C10H16N2O4. The van der Waals surface area contributed by atoms with Gasteiger partial charge in [-0.15, -0.1) is 0 Å². The van der Waals surface area contributed by atoms with E-state index in [2.05, 4.69) is 10.5 Å². The number of aromatic nitrogens is 1. The third kappa shape index (κ3) is 2.40. The SMILES string of the molecule is Cc1noc(C)c1C(=O)NC(C)(CO)CO. The monoisotopic (exact) mass is 228 g/mol. The first-order valence-electron chi connectivity index (χ1n) is 4.90. The average Bonchev–Trinajstić information content (AvgIpc) is 2.58. The maximum absolute atomic E-state index is 11.8. The highest BCUT2D eigenvalue weighted by atomic mass is 16.5. The van der Waals surface area contributed by atoms with E-state index in [4.69, 9.17) is 14.7 Å². The Morgan fingerprint density at radius 2 is 2.00 bits per heavy atom. The van der Waals surface area contributed by atoms with Crippen molar-refractivity contribution in [2.45, 2.75) is 26.3 Å². The third-order valence-electron chi connectivity index (χ3n) is 2.37. The first kappa shape index (κ1) is 12.7. The number of aliphatic hydroxyl groups is 2. The number of hydrogen-bond donors (Lipinski definition) is 3. The van der Waals surface area contributed by atoms with Crippen molar-refractivity contribution in [1.29, 1.82) is 0 Å².